The third-order valence-corrected chi connectivity index (χ3v) is 7.61. The Morgan fingerprint density at radius 3 is 2.41 bits per heavy atom. The number of ether oxygens (including phenoxy) is 1. The predicted octanol–water partition coefficient (Wildman–Crippen LogP) is 3.75. The number of amides is 1. The van der Waals surface area contributed by atoms with Crippen LogP contribution in [-0.2, 0) is 25.9 Å². The average molecular weight is 579 g/mol. The van der Waals surface area contributed by atoms with Crippen LogP contribution in [0.1, 0.15) is 37.4 Å². The molecule has 0 saturated heterocycles. The maximum Gasteiger partial charge on any atom is 0.416 e. The number of carbonyl (C=O) groups is 2. The molecule has 0 aliphatic heterocycles. The van der Waals surface area contributed by atoms with Gasteiger partial charge in [-0.1, -0.05) is 18.2 Å². The highest BCUT2D eigenvalue weighted by Gasteiger charge is 2.32. The van der Waals surface area contributed by atoms with Crippen LogP contribution >= 0.6 is 0 Å². The smallest absolute Gasteiger partial charge is 0.416 e. The van der Waals surface area contributed by atoms with E-state index in [1.807, 2.05) is 36.5 Å². The number of carboxylic acid groups (broad SMARTS) is 1. The number of rotatable bonds is 10. The van der Waals surface area contributed by atoms with Gasteiger partial charge in [-0.2, -0.15) is 5.10 Å². The quantitative estimate of drug-likeness (QED) is 0.284. The first-order valence-corrected chi connectivity index (χ1v) is 14.1. The number of aliphatic carboxylic acids is 1. The van der Waals surface area contributed by atoms with E-state index >= 15 is 0 Å². The summed E-state index contributed by atoms with van der Waals surface area (Å²) in [6, 6.07) is 16.6. The summed E-state index contributed by atoms with van der Waals surface area (Å²) < 4.78 is 34.7. The molecule has 3 aromatic heterocycles. The van der Waals surface area contributed by atoms with E-state index in [1.165, 1.54) is 42.7 Å². The maximum absolute atomic E-state index is 13.8. The molecule has 41 heavy (non-hydrogen) atoms. The minimum absolute atomic E-state index is 0.0340. The van der Waals surface area contributed by atoms with E-state index in [1.54, 1.807) is 31.6 Å². The SMILES string of the molecule is CC(C)(C)OC(=O)N(CC(=O)O)c1cccc(C(NCc2ccc(-n3cccn3)cc2)S(=O)(=O)c2cccnc2)n1. The number of carbonyl (C=O) groups excluding carboxylic acids is 1. The lowest BCUT2D eigenvalue weighted by Crippen LogP contribution is -2.40. The molecule has 0 aliphatic rings. The summed E-state index contributed by atoms with van der Waals surface area (Å²) in [5, 5.41) is 15.4. The standard InChI is InChI=1S/C28H30N6O6S/c1-28(2,3)40-27(37)33(19-25(35)36)24-9-4-8-23(32-24)26(41(38,39)22-7-5-14-29-18-22)30-17-20-10-12-21(13-11-20)34-16-6-15-31-34/h4-16,18,26,30H,17,19H2,1-3H3,(H,35,36). The second-order valence-corrected chi connectivity index (χ2v) is 12.0. The molecule has 2 N–H and O–H groups in total. The molecule has 0 saturated carbocycles. The fourth-order valence-corrected chi connectivity index (χ4v) is 5.35. The molecule has 1 atom stereocenters. The summed E-state index contributed by atoms with van der Waals surface area (Å²) in [4.78, 5) is 33.6. The van der Waals surface area contributed by atoms with Gasteiger partial charge in [0.25, 0.3) is 0 Å². The van der Waals surface area contributed by atoms with Crippen LogP contribution in [0.3, 0.4) is 0 Å². The molecule has 1 unspecified atom stereocenters. The van der Waals surface area contributed by atoms with Crippen molar-refractivity contribution in [1.82, 2.24) is 25.1 Å². The first-order valence-electron chi connectivity index (χ1n) is 12.6. The van der Waals surface area contributed by atoms with Gasteiger partial charge in [-0.3, -0.25) is 20.0 Å². The number of pyridine rings is 2. The van der Waals surface area contributed by atoms with Gasteiger partial charge in [0.15, 0.2) is 5.37 Å². The van der Waals surface area contributed by atoms with E-state index < -0.39 is 39.4 Å². The monoisotopic (exact) mass is 578 g/mol. The highest BCUT2D eigenvalue weighted by Crippen LogP contribution is 2.28. The molecule has 1 aromatic carbocycles. The van der Waals surface area contributed by atoms with Crippen molar-refractivity contribution in [3.05, 3.63) is 96.7 Å². The van der Waals surface area contributed by atoms with Crippen molar-refractivity contribution in [2.24, 2.45) is 0 Å². The van der Waals surface area contributed by atoms with Crippen LogP contribution in [0.25, 0.3) is 5.69 Å². The van der Waals surface area contributed by atoms with Crippen LogP contribution in [0.5, 0.6) is 0 Å². The number of carboxylic acids is 1. The topological polar surface area (TPSA) is 157 Å². The lowest BCUT2D eigenvalue weighted by Gasteiger charge is -2.26. The Bertz CT molecular complexity index is 1590. The largest absolute Gasteiger partial charge is 0.480 e. The molecule has 0 radical (unpaired) electrons. The van der Waals surface area contributed by atoms with Crippen LogP contribution in [0.2, 0.25) is 0 Å². The van der Waals surface area contributed by atoms with Gasteiger partial charge in [0.1, 0.15) is 18.0 Å². The second kappa shape index (κ2) is 12.3. The minimum atomic E-state index is -4.08. The summed E-state index contributed by atoms with van der Waals surface area (Å²) in [6.07, 6.45) is 5.26. The van der Waals surface area contributed by atoms with Gasteiger partial charge in [0.05, 0.1) is 16.3 Å². The number of aromatic nitrogens is 4. The molecule has 12 nitrogen and oxygen atoms in total. The molecule has 0 aliphatic carbocycles. The van der Waals surface area contributed by atoms with E-state index in [2.05, 4.69) is 20.4 Å². The molecule has 4 rings (SSSR count). The molecule has 4 aromatic rings. The minimum Gasteiger partial charge on any atom is -0.480 e. The van der Waals surface area contributed by atoms with E-state index in [-0.39, 0.29) is 23.0 Å². The number of nitrogens with one attached hydrogen (secondary N) is 1. The van der Waals surface area contributed by atoms with Crippen molar-refractivity contribution in [3.8, 4) is 5.69 Å². The van der Waals surface area contributed by atoms with Crippen molar-refractivity contribution >= 4 is 27.7 Å². The van der Waals surface area contributed by atoms with Gasteiger partial charge in [-0.25, -0.2) is 22.9 Å². The lowest BCUT2D eigenvalue weighted by molar-refractivity contribution is -0.135. The maximum atomic E-state index is 13.8. The second-order valence-electron chi connectivity index (χ2n) is 9.99. The summed E-state index contributed by atoms with van der Waals surface area (Å²) >= 11 is 0. The van der Waals surface area contributed by atoms with Gasteiger partial charge in [-0.05, 0) is 68.8 Å². The zero-order chi connectivity index (χ0) is 29.6. The fraction of sp³-hybridized carbons (Fsp3) is 0.250. The van der Waals surface area contributed by atoms with Crippen molar-refractivity contribution in [2.45, 2.75) is 43.2 Å². The van der Waals surface area contributed by atoms with E-state index in [0.29, 0.717) is 0 Å². The van der Waals surface area contributed by atoms with E-state index in [9.17, 15) is 23.1 Å². The molecular weight excluding hydrogens is 548 g/mol. The summed E-state index contributed by atoms with van der Waals surface area (Å²) in [5.41, 5.74) is 0.795. The van der Waals surface area contributed by atoms with Gasteiger partial charge in [0.2, 0.25) is 9.84 Å². The third kappa shape index (κ3) is 7.52. The fourth-order valence-electron chi connectivity index (χ4n) is 3.85. The first kappa shape index (κ1) is 29.4. The zero-order valence-corrected chi connectivity index (χ0v) is 23.5. The zero-order valence-electron chi connectivity index (χ0n) is 22.7. The highest BCUT2D eigenvalue weighted by atomic mass is 32.2. The van der Waals surface area contributed by atoms with Crippen LogP contribution in [0, 0.1) is 0 Å². The van der Waals surface area contributed by atoms with Crippen LogP contribution < -0.4 is 10.2 Å². The Kier molecular flexibility index (Phi) is 8.79. The summed E-state index contributed by atoms with van der Waals surface area (Å²) in [5.74, 6) is -1.37. The molecular formula is C28H30N6O6S. The Morgan fingerprint density at radius 1 is 1.05 bits per heavy atom. The number of hydrogen-bond acceptors (Lipinski definition) is 9. The molecule has 3 heterocycles. The molecule has 0 bridgehead atoms. The van der Waals surface area contributed by atoms with Crippen LogP contribution in [-0.4, -0.2) is 57.5 Å². The number of hydrogen-bond donors (Lipinski definition) is 2. The molecule has 13 heteroatoms. The number of anilines is 1. The number of benzene rings is 1. The molecule has 0 fully saturated rings. The van der Waals surface area contributed by atoms with Crippen molar-refractivity contribution in [3.63, 3.8) is 0 Å². The number of nitrogens with zero attached hydrogens (tertiary/aromatic N) is 5. The first-order chi connectivity index (χ1) is 19.4. The van der Waals surface area contributed by atoms with Crippen molar-refractivity contribution in [1.29, 1.82) is 0 Å². The summed E-state index contributed by atoms with van der Waals surface area (Å²) in [6.45, 7) is 4.36. The summed E-state index contributed by atoms with van der Waals surface area (Å²) in [7, 11) is -4.08. The highest BCUT2D eigenvalue weighted by molar-refractivity contribution is 7.91. The predicted molar refractivity (Wildman–Crippen MR) is 150 cm³/mol. The van der Waals surface area contributed by atoms with E-state index in [0.717, 1.165) is 16.2 Å². The van der Waals surface area contributed by atoms with Gasteiger partial charge in [0, 0.05) is 31.3 Å². The van der Waals surface area contributed by atoms with Gasteiger partial charge < -0.3 is 9.84 Å². The molecule has 1 amide bonds. The van der Waals surface area contributed by atoms with Crippen molar-refractivity contribution < 1.29 is 27.9 Å². The van der Waals surface area contributed by atoms with Crippen molar-refractivity contribution in [2.75, 3.05) is 11.4 Å². The van der Waals surface area contributed by atoms with Crippen LogP contribution in [0.4, 0.5) is 10.6 Å². The normalized spacial score (nSPS) is 12.5. The Labute approximate surface area is 237 Å². The molecule has 0 spiro atoms. The average Bonchev–Trinajstić information content (AvgIpc) is 3.47. The Balaban J connectivity index is 1.68. The van der Waals surface area contributed by atoms with Crippen LogP contribution in [0.15, 0.2) is 90.3 Å². The number of sulfone groups is 1. The lowest BCUT2D eigenvalue weighted by atomic mass is 10.2. The molecule has 214 valence electrons. The van der Waals surface area contributed by atoms with E-state index in [4.69, 9.17) is 4.74 Å². The Hall–Kier alpha value is -4.62. The third-order valence-electron chi connectivity index (χ3n) is 5.68. The Morgan fingerprint density at radius 2 is 1.80 bits per heavy atom. The van der Waals surface area contributed by atoms with Gasteiger partial charge >= 0.3 is 12.1 Å². The van der Waals surface area contributed by atoms with Gasteiger partial charge in [-0.15, -0.1) is 0 Å².